The van der Waals surface area contributed by atoms with Crippen molar-refractivity contribution >= 4 is 19.0 Å². The van der Waals surface area contributed by atoms with E-state index in [2.05, 4.69) is 11.8 Å². The molecule has 2 unspecified atom stereocenters. The molecule has 1 aliphatic rings. The second-order valence-electron chi connectivity index (χ2n) is 3.64. The largest absolute Gasteiger partial charge is 0.405 e. The minimum Gasteiger partial charge on any atom is -0.405 e. The maximum atomic E-state index is 9.54. The molecule has 1 fully saturated rings. The van der Waals surface area contributed by atoms with Gasteiger partial charge in [0.05, 0.1) is 6.10 Å². The average Bonchev–Trinajstić information content (AvgIpc) is 2.52. The summed E-state index contributed by atoms with van der Waals surface area (Å²) in [6, 6.07) is 0.427. The van der Waals surface area contributed by atoms with E-state index in [-0.39, 0.29) is 20.0 Å². The van der Waals surface area contributed by atoms with E-state index in [9.17, 15) is 5.11 Å². The van der Waals surface area contributed by atoms with Crippen LogP contribution in [0.25, 0.3) is 0 Å². The third-order valence-corrected chi connectivity index (χ3v) is 3.46. The Morgan fingerprint density at radius 3 is 2.87 bits per heavy atom. The van der Waals surface area contributed by atoms with Crippen molar-refractivity contribution in [2.75, 3.05) is 24.7 Å². The highest BCUT2D eigenvalue weighted by atomic mass is 32.2. The van der Waals surface area contributed by atoms with E-state index in [4.69, 9.17) is 5.11 Å². The lowest BCUT2D eigenvalue weighted by molar-refractivity contribution is 0.181. The maximum Gasteiger partial charge on any atom is 0.146 e. The molecule has 5 heteroatoms. The van der Waals surface area contributed by atoms with Crippen molar-refractivity contribution in [3.63, 3.8) is 0 Å². The third-order valence-electron chi connectivity index (χ3n) is 2.53. The zero-order chi connectivity index (χ0) is 10.4. The molecule has 2 atom stereocenters. The minimum absolute atomic E-state index is 0. The van der Waals surface area contributed by atoms with Crippen molar-refractivity contribution in [1.82, 2.24) is 4.90 Å². The number of aliphatic hydroxyl groups is 2. The van der Waals surface area contributed by atoms with Gasteiger partial charge in [0.1, 0.15) is 7.28 Å². The lowest BCUT2D eigenvalue weighted by atomic mass is 9.72. The van der Waals surface area contributed by atoms with Crippen LogP contribution in [0.3, 0.4) is 0 Å². The minimum atomic E-state index is -0.176. The van der Waals surface area contributed by atoms with Crippen LogP contribution in [0.2, 0.25) is 6.32 Å². The van der Waals surface area contributed by atoms with Crippen LogP contribution >= 0.6 is 11.8 Å². The Kier molecular flexibility index (Phi) is 8.61. The fourth-order valence-electron chi connectivity index (χ4n) is 1.84. The summed E-state index contributed by atoms with van der Waals surface area (Å²) < 4.78 is 0. The molecule has 0 aromatic carbocycles. The number of nitrogens with zero attached hydrogens (tertiary/aromatic N) is 1. The standard InChI is InChI=1S/C9H19BNO2S.CH4/c1-2-14-7-11-5-9(13)3-8(11)4-10-6-12;/h8-9,12-13H,2-7H2,1H3;1H4. The van der Waals surface area contributed by atoms with Gasteiger partial charge >= 0.3 is 0 Å². The highest BCUT2D eigenvalue weighted by molar-refractivity contribution is 7.99. The zero-order valence-electron chi connectivity index (χ0n) is 8.72. The van der Waals surface area contributed by atoms with Crippen LogP contribution in [-0.4, -0.2) is 59.2 Å². The van der Waals surface area contributed by atoms with Crippen LogP contribution in [0.4, 0.5) is 0 Å². The smallest absolute Gasteiger partial charge is 0.146 e. The van der Waals surface area contributed by atoms with Crippen LogP contribution in [0, 0.1) is 0 Å². The van der Waals surface area contributed by atoms with Crippen LogP contribution in [0.1, 0.15) is 20.8 Å². The van der Waals surface area contributed by atoms with Crippen molar-refractivity contribution in [3.8, 4) is 0 Å². The van der Waals surface area contributed by atoms with Gasteiger partial charge in [-0.15, -0.1) is 11.8 Å². The Morgan fingerprint density at radius 1 is 1.53 bits per heavy atom. The SMILES string of the molecule is C.CCSCN1CC(O)CC1C[B]CO. The number of hydrogen-bond acceptors (Lipinski definition) is 4. The van der Waals surface area contributed by atoms with Crippen molar-refractivity contribution < 1.29 is 10.2 Å². The van der Waals surface area contributed by atoms with E-state index < -0.39 is 0 Å². The fraction of sp³-hybridized carbons (Fsp3) is 1.00. The summed E-state index contributed by atoms with van der Waals surface area (Å²) in [7, 11) is 1.88. The molecular formula is C10H23BNO2S. The molecule has 0 aliphatic carbocycles. The van der Waals surface area contributed by atoms with Gasteiger partial charge in [0.25, 0.3) is 0 Å². The van der Waals surface area contributed by atoms with Gasteiger partial charge in [0.2, 0.25) is 0 Å². The normalized spacial score (nSPS) is 26.3. The molecular weight excluding hydrogens is 209 g/mol. The Balaban J connectivity index is 0.00000196. The monoisotopic (exact) mass is 232 g/mol. The van der Waals surface area contributed by atoms with Gasteiger partial charge in [0.15, 0.2) is 0 Å². The van der Waals surface area contributed by atoms with Gasteiger partial charge in [-0.25, -0.2) is 0 Å². The number of hydrogen-bond donors (Lipinski definition) is 2. The molecule has 1 saturated heterocycles. The quantitative estimate of drug-likeness (QED) is 0.666. The van der Waals surface area contributed by atoms with Gasteiger partial charge < -0.3 is 10.2 Å². The Morgan fingerprint density at radius 2 is 2.27 bits per heavy atom. The van der Waals surface area contributed by atoms with Gasteiger partial charge in [0, 0.05) is 25.0 Å². The number of thioether (sulfide) groups is 1. The van der Waals surface area contributed by atoms with Gasteiger partial charge in [-0.3, -0.25) is 4.90 Å². The van der Waals surface area contributed by atoms with Crippen molar-refractivity contribution in [1.29, 1.82) is 0 Å². The zero-order valence-corrected chi connectivity index (χ0v) is 9.54. The highest BCUT2D eigenvalue weighted by Gasteiger charge is 2.29. The maximum absolute atomic E-state index is 9.54. The van der Waals surface area contributed by atoms with Crippen LogP contribution in [0.5, 0.6) is 0 Å². The molecule has 0 saturated carbocycles. The lowest BCUT2D eigenvalue weighted by Gasteiger charge is -2.22. The van der Waals surface area contributed by atoms with Crippen LogP contribution in [0.15, 0.2) is 0 Å². The highest BCUT2D eigenvalue weighted by Crippen LogP contribution is 2.22. The predicted octanol–water partition coefficient (Wildman–Crippen LogP) is 0.841. The Labute approximate surface area is 98.5 Å². The molecule has 1 heterocycles. The van der Waals surface area contributed by atoms with E-state index in [0.29, 0.717) is 6.04 Å². The molecule has 3 nitrogen and oxygen atoms in total. The van der Waals surface area contributed by atoms with Crippen molar-refractivity contribution in [2.24, 2.45) is 0 Å². The second-order valence-corrected chi connectivity index (χ2v) is 4.89. The van der Waals surface area contributed by atoms with Crippen LogP contribution in [-0.2, 0) is 0 Å². The molecule has 1 aliphatic heterocycles. The van der Waals surface area contributed by atoms with Gasteiger partial charge in [-0.2, -0.15) is 0 Å². The van der Waals surface area contributed by atoms with E-state index >= 15 is 0 Å². The first kappa shape index (κ1) is 15.3. The molecule has 0 bridgehead atoms. The third kappa shape index (κ3) is 5.25. The summed E-state index contributed by atoms with van der Waals surface area (Å²) in [4.78, 5) is 2.31. The topological polar surface area (TPSA) is 43.7 Å². The molecule has 1 rings (SSSR count). The number of likely N-dealkylation sites (tertiary alicyclic amines) is 1. The van der Waals surface area contributed by atoms with Crippen LogP contribution < -0.4 is 0 Å². The fourth-order valence-corrected chi connectivity index (χ4v) is 2.57. The summed E-state index contributed by atoms with van der Waals surface area (Å²) in [5.41, 5.74) is 0. The van der Waals surface area contributed by atoms with Gasteiger partial charge in [-0.1, -0.05) is 20.7 Å². The van der Waals surface area contributed by atoms with E-state index in [1.807, 2.05) is 19.0 Å². The molecule has 0 aromatic heterocycles. The van der Waals surface area contributed by atoms with Crippen molar-refractivity contribution in [3.05, 3.63) is 0 Å². The molecule has 0 spiro atoms. The number of rotatable bonds is 6. The molecule has 89 valence electrons. The number of aliphatic hydroxyl groups excluding tert-OH is 2. The van der Waals surface area contributed by atoms with Gasteiger partial charge in [-0.05, 0) is 12.2 Å². The summed E-state index contributed by atoms with van der Waals surface area (Å²) in [6.45, 7) is 3.07. The summed E-state index contributed by atoms with van der Waals surface area (Å²) >= 11 is 1.88. The molecule has 15 heavy (non-hydrogen) atoms. The predicted molar refractivity (Wildman–Crippen MR) is 68.5 cm³/mol. The van der Waals surface area contributed by atoms with E-state index in [1.54, 1.807) is 0 Å². The molecule has 1 radical (unpaired) electrons. The first-order valence-corrected chi connectivity index (χ1v) is 6.35. The lowest BCUT2D eigenvalue weighted by Crippen LogP contribution is -2.30. The number of β-amino-alcohol motifs (C(OH)–C–C–N with tert-alkyl or cyclic N) is 1. The Hall–Kier alpha value is 0.295. The van der Waals surface area contributed by atoms with Crippen molar-refractivity contribution in [2.45, 2.75) is 39.2 Å². The molecule has 0 amide bonds. The summed E-state index contributed by atoms with van der Waals surface area (Å²) in [6.07, 6.45) is 1.56. The van der Waals surface area contributed by atoms with E-state index in [1.165, 1.54) is 0 Å². The first-order chi connectivity index (χ1) is 6.77. The Bertz CT molecular complexity index is 146. The molecule has 0 aromatic rings. The summed E-state index contributed by atoms with van der Waals surface area (Å²) in [5, 5.41) is 18.3. The van der Waals surface area contributed by atoms with E-state index in [0.717, 1.165) is 30.9 Å². The summed E-state index contributed by atoms with van der Waals surface area (Å²) in [5.74, 6) is 2.11. The first-order valence-electron chi connectivity index (χ1n) is 5.20. The second kappa shape index (κ2) is 8.45. The average molecular weight is 232 g/mol. The molecule has 2 N–H and O–H groups in total.